The number of carbonyl (C=O) groups is 1. The van der Waals surface area contributed by atoms with E-state index in [-0.39, 0.29) is 18.4 Å². The van der Waals surface area contributed by atoms with Gasteiger partial charge in [-0.3, -0.25) is 4.79 Å². The Hall–Kier alpha value is -1.55. The Labute approximate surface area is 102 Å². The van der Waals surface area contributed by atoms with Crippen molar-refractivity contribution in [2.45, 2.75) is 32.7 Å². The third-order valence-corrected chi connectivity index (χ3v) is 2.64. The molecule has 0 saturated carbocycles. The van der Waals surface area contributed by atoms with Gasteiger partial charge in [-0.2, -0.15) is 0 Å². The predicted molar refractivity (Wildman–Crippen MR) is 70.3 cm³/mol. The van der Waals surface area contributed by atoms with Crippen LogP contribution >= 0.6 is 0 Å². The van der Waals surface area contributed by atoms with Gasteiger partial charge < -0.3 is 16.2 Å². The Morgan fingerprint density at radius 1 is 1.53 bits per heavy atom. The molecule has 0 aliphatic carbocycles. The first-order valence-corrected chi connectivity index (χ1v) is 5.82. The van der Waals surface area contributed by atoms with Crippen LogP contribution in [0, 0.1) is 0 Å². The van der Waals surface area contributed by atoms with Crippen molar-refractivity contribution in [2.24, 2.45) is 0 Å². The van der Waals surface area contributed by atoms with E-state index in [1.54, 1.807) is 12.1 Å². The maximum Gasteiger partial charge on any atom is 0.161 e. The molecule has 0 heterocycles. The second kappa shape index (κ2) is 6.25. The maximum atomic E-state index is 11.2. The molecule has 1 aromatic rings. The highest BCUT2D eigenvalue weighted by Gasteiger charge is 2.07. The van der Waals surface area contributed by atoms with Crippen LogP contribution in [0.25, 0.3) is 0 Å². The number of Topliss-reactive ketones (excluding diaryl/α,β-unsaturated/α-hetero) is 1. The lowest BCUT2D eigenvalue weighted by Gasteiger charge is -2.15. The number of aliphatic hydroxyl groups excluding tert-OH is 1. The SMILES string of the molecule is CC(=O)c1ccc(NC(C)CCCO)cc1N. The molecule has 0 fully saturated rings. The van der Waals surface area contributed by atoms with Crippen molar-refractivity contribution >= 4 is 17.2 Å². The number of nitrogens with two attached hydrogens (primary N) is 1. The summed E-state index contributed by atoms with van der Waals surface area (Å²) in [4.78, 5) is 11.2. The molecule has 0 amide bonds. The zero-order valence-electron chi connectivity index (χ0n) is 10.4. The van der Waals surface area contributed by atoms with Gasteiger partial charge in [0.15, 0.2) is 5.78 Å². The van der Waals surface area contributed by atoms with Crippen LogP contribution in [0.15, 0.2) is 18.2 Å². The molecule has 4 heteroatoms. The van der Waals surface area contributed by atoms with Crippen molar-refractivity contribution in [3.05, 3.63) is 23.8 Å². The van der Waals surface area contributed by atoms with Gasteiger partial charge in [-0.25, -0.2) is 0 Å². The second-order valence-corrected chi connectivity index (χ2v) is 4.27. The minimum atomic E-state index is -0.0256. The molecule has 94 valence electrons. The molecule has 0 saturated heterocycles. The summed E-state index contributed by atoms with van der Waals surface area (Å²) in [7, 11) is 0. The molecular weight excluding hydrogens is 216 g/mol. The summed E-state index contributed by atoms with van der Waals surface area (Å²) in [5, 5.41) is 12.0. The van der Waals surface area contributed by atoms with Gasteiger partial charge in [-0.1, -0.05) is 0 Å². The molecule has 4 N–H and O–H groups in total. The minimum Gasteiger partial charge on any atom is -0.398 e. The highest BCUT2D eigenvalue weighted by Crippen LogP contribution is 2.19. The Kier molecular flexibility index (Phi) is 4.97. The molecule has 1 unspecified atom stereocenters. The smallest absolute Gasteiger partial charge is 0.161 e. The van der Waals surface area contributed by atoms with E-state index in [4.69, 9.17) is 10.8 Å². The number of ketones is 1. The minimum absolute atomic E-state index is 0.0256. The zero-order valence-corrected chi connectivity index (χ0v) is 10.4. The molecular formula is C13H20N2O2. The van der Waals surface area contributed by atoms with Crippen LogP contribution in [-0.2, 0) is 0 Å². The van der Waals surface area contributed by atoms with E-state index in [1.807, 2.05) is 13.0 Å². The average molecular weight is 236 g/mol. The van der Waals surface area contributed by atoms with E-state index in [0.717, 1.165) is 18.5 Å². The largest absolute Gasteiger partial charge is 0.398 e. The Morgan fingerprint density at radius 3 is 2.76 bits per heavy atom. The Morgan fingerprint density at radius 2 is 2.24 bits per heavy atom. The molecule has 17 heavy (non-hydrogen) atoms. The van der Waals surface area contributed by atoms with E-state index < -0.39 is 0 Å². The van der Waals surface area contributed by atoms with Crippen LogP contribution in [0.1, 0.15) is 37.0 Å². The molecule has 1 atom stereocenters. The predicted octanol–water partition coefficient (Wildman–Crippen LogP) is 2.04. The van der Waals surface area contributed by atoms with Crippen LogP contribution in [-0.4, -0.2) is 23.5 Å². The van der Waals surface area contributed by atoms with Crippen LogP contribution in [0.2, 0.25) is 0 Å². The molecule has 0 radical (unpaired) electrons. The lowest BCUT2D eigenvalue weighted by molar-refractivity contribution is 0.101. The number of hydrogen-bond acceptors (Lipinski definition) is 4. The molecule has 1 aromatic carbocycles. The molecule has 1 rings (SSSR count). The van der Waals surface area contributed by atoms with Gasteiger partial charge >= 0.3 is 0 Å². The molecule has 0 aromatic heterocycles. The van der Waals surface area contributed by atoms with Crippen molar-refractivity contribution in [1.82, 2.24) is 0 Å². The molecule has 4 nitrogen and oxygen atoms in total. The van der Waals surface area contributed by atoms with Gasteiger partial charge in [0.2, 0.25) is 0 Å². The summed E-state index contributed by atoms with van der Waals surface area (Å²) in [6.07, 6.45) is 1.67. The van der Waals surface area contributed by atoms with Crippen molar-refractivity contribution in [3.8, 4) is 0 Å². The summed E-state index contributed by atoms with van der Waals surface area (Å²) in [6, 6.07) is 5.62. The highest BCUT2D eigenvalue weighted by molar-refractivity contribution is 5.99. The molecule has 0 aliphatic heterocycles. The van der Waals surface area contributed by atoms with E-state index >= 15 is 0 Å². The van der Waals surface area contributed by atoms with Gasteiger partial charge in [0.05, 0.1) is 0 Å². The van der Waals surface area contributed by atoms with Crippen LogP contribution in [0.3, 0.4) is 0 Å². The third-order valence-electron chi connectivity index (χ3n) is 2.64. The van der Waals surface area contributed by atoms with E-state index in [0.29, 0.717) is 11.3 Å². The second-order valence-electron chi connectivity index (χ2n) is 4.27. The van der Waals surface area contributed by atoms with Gasteiger partial charge in [-0.15, -0.1) is 0 Å². The first-order valence-electron chi connectivity index (χ1n) is 5.82. The standard InChI is InChI=1S/C13H20N2O2/c1-9(4-3-7-16)15-11-5-6-12(10(2)17)13(14)8-11/h5-6,8-9,15-16H,3-4,7,14H2,1-2H3. The van der Waals surface area contributed by atoms with E-state index in [2.05, 4.69) is 5.32 Å². The fourth-order valence-corrected chi connectivity index (χ4v) is 1.73. The van der Waals surface area contributed by atoms with Gasteiger partial charge in [0, 0.05) is 29.6 Å². The monoisotopic (exact) mass is 236 g/mol. The zero-order chi connectivity index (χ0) is 12.8. The number of carbonyl (C=O) groups excluding carboxylic acids is 1. The Bertz CT molecular complexity index is 391. The quantitative estimate of drug-likeness (QED) is 0.522. The van der Waals surface area contributed by atoms with Gasteiger partial charge in [-0.05, 0) is 44.9 Å². The highest BCUT2D eigenvalue weighted by atomic mass is 16.2. The van der Waals surface area contributed by atoms with Crippen LogP contribution < -0.4 is 11.1 Å². The van der Waals surface area contributed by atoms with Crippen molar-refractivity contribution in [3.63, 3.8) is 0 Å². The van der Waals surface area contributed by atoms with E-state index in [1.165, 1.54) is 6.92 Å². The molecule has 0 bridgehead atoms. The number of aliphatic hydroxyl groups is 1. The van der Waals surface area contributed by atoms with Crippen molar-refractivity contribution < 1.29 is 9.90 Å². The molecule has 0 aliphatic rings. The number of benzene rings is 1. The summed E-state index contributed by atoms with van der Waals surface area (Å²) < 4.78 is 0. The van der Waals surface area contributed by atoms with Crippen molar-refractivity contribution in [1.29, 1.82) is 0 Å². The topological polar surface area (TPSA) is 75.3 Å². The normalized spacial score (nSPS) is 12.2. The lowest BCUT2D eigenvalue weighted by Crippen LogP contribution is -2.15. The third kappa shape index (κ3) is 4.07. The van der Waals surface area contributed by atoms with Crippen LogP contribution in [0.5, 0.6) is 0 Å². The average Bonchev–Trinajstić information content (AvgIpc) is 2.26. The summed E-state index contributed by atoms with van der Waals surface area (Å²) in [6.45, 7) is 3.75. The van der Waals surface area contributed by atoms with E-state index in [9.17, 15) is 4.79 Å². The fraction of sp³-hybridized carbons (Fsp3) is 0.462. The van der Waals surface area contributed by atoms with Crippen LogP contribution in [0.4, 0.5) is 11.4 Å². The summed E-state index contributed by atoms with van der Waals surface area (Å²) in [5.74, 6) is -0.0256. The first-order chi connectivity index (χ1) is 8.04. The van der Waals surface area contributed by atoms with Gasteiger partial charge in [0.25, 0.3) is 0 Å². The fourth-order valence-electron chi connectivity index (χ4n) is 1.73. The maximum absolute atomic E-state index is 11.2. The molecule has 0 spiro atoms. The van der Waals surface area contributed by atoms with Crippen molar-refractivity contribution in [2.75, 3.05) is 17.7 Å². The summed E-state index contributed by atoms with van der Waals surface area (Å²) in [5.41, 5.74) is 7.75. The number of hydrogen-bond donors (Lipinski definition) is 3. The number of nitrogens with one attached hydrogen (secondary N) is 1. The number of nitrogen functional groups attached to an aromatic ring is 1. The number of rotatable bonds is 6. The Balaban J connectivity index is 2.67. The first kappa shape index (κ1) is 13.5. The van der Waals surface area contributed by atoms with Gasteiger partial charge in [0.1, 0.15) is 0 Å². The lowest BCUT2D eigenvalue weighted by atomic mass is 10.1. The summed E-state index contributed by atoms with van der Waals surface area (Å²) >= 11 is 0. The number of anilines is 2.